The molecule has 4 rings (SSSR count). The van der Waals surface area contributed by atoms with E-state index in [9.17, 15) is 19.8 Å². The Kier molecular flexibility index (Phi) is 3.63. The third-order valence-corrected chi connectivity index (χ3v) is 7.49. The fourth-order valence-electron chi connectivity index (χ4n) is 6.14. The maximum atomic E-state index is 12.3. The fraction of sp³-hybridized carbons (Fsp3) is 0.700. The Morgan fingerprint density at radius 3 is 2.75 bits per heavy atom. The van der Waals surface area contributed by atoms with Gasteiger partial charge in [0.25, 0.3) is 0 Å². The maximum Gasteiger partial charge on any atom is 0.190 e. The number of allylic oxidation sites excluding steroid dienone is 4. The molecule has 0 aromatic heterocycles. The molecule has 0 bridgehead atoms. The lowest BCUT2D eigenvalue weighted by molar-refractivity contribution is -0.157. The third-order valence-electron chi connectivity index (χ3n) is 7.49. The van der Waals surface area contributed by atoms with Gasteiger partial charge in [0.15, 0.2) is 11.6 Å². The summed E-state index contributed by atoms with van der Waals surface area (Å²) in [5.41, 5.74) is 2.31. The zero-order valence-corrected chi connectivity index (χ0v) is 14.3. The second-order valence-electron chi connectivity index (χ2n) is 8.29. The summed E-state index contributed by atoms with van der Waals surface area (Å²) in [7, 11) is 0. The molecule has 4 aliphatic carbocycles. The van der Waals surface area contributed by atoms with Gasteiger partial charge in [0.1, 0.15) is 12.2 Å². The molecule has 0 spiro atoms. The van der Waals surface area contributed by atoms with Gasteiger partial charge in [0, 0.05) is 11.8 Å². The molecular formula is C20H26O4. The molecule has 2 N–H and O–H groups in total. The topological polar surface area (TPSA) is 74.6 Å². The van der Waals surface area contributed by atoms with Crippen molar-refractivity contribution in [2.45, 2.75) is 63.9 Å². The highest BCUT2D eigenvalue weighted by atomic mass is 16.3. The molecule has 0 heterocycles. The first-order valence-corrected chi connectivity index (χ1v) is 9.23. The van der Waals surface area contributed by atoms with Crippen LogP contribution >= 0.6 is 0 Å². The van der Waals surface area contributed by atoms with Crippen molar-refractivity contribution in [3.63, 3.8) is 0 Å². The van der Waals surface area contributed by atoms with Crippen molar-refractivity contribution >= 4 is 11.6 Å². The summed E-state index contributed by atoms with van der Waals surface area (Å²) in [6.07, 6.45) is 8.28. The van der Waals surface area contributed by atoms with Crippen LogP contribution in [0.1, 0.15) is 58.3 Å². The van der Waals surface area contributed by atoms with Crippen molar-refractivity contribution in [3.8, 4) is 0 Å². The Labute approximate surface area is 142 Å². The summed E-state index contributed by atoms with van der Waals surface area (Å²) in [6, 6.07) is 0. The molecule has 4 aliphatic rings. The highest BCUT2D eigenvalue weighted by Crippen LogP contribution is 2.63. The second-order valence-corrected chi connectivity index (χ2v) is 8.29. The Hall–Kier alpha value is -1.26. The van der Waals surface area contributed by atoms with Crippen molar-refractivity contribution in [3.05, 3.63) is 22.8 Å². The molecule has 4 nitrogen and oxygen atoms in total. The number of carbonyl (C=O) groups excluding carboxylic acids is 2. The smallest absolute Gasteiger partial charge is 0.190 e. The number of carbonyl (C=O) groups is 2. The van der Waals surface area contributed by atoms with Gasteiger partial charge in [-0.2, -0.15) is 0 Å². The highest BCUT2D eigenvalue weighted by molar-refractivity contribution is 5.93. The van der Waals surface area contributed by atoms with Crippen LogP contribution < -0.4 is 0 Å². The van der Waals surface area contributed by atoms with Crippen LogP contribution in [0, 0.1) is 17.3 Å². The maximum absolute atomic E-state index is 12.3. The molecule has 0 aromatic rings. The summed E-state index contributed by atoms with van der Waals surface area (Å²) in [6.45, 7) is 1.47. The number of fused-ring (bicyclic) bond motifs is 4. The van der Waals surface area contributed by atoms with Crippen molar-refractivity contribution in [1.29, 1.82) is 0 Å². The van der Waals surface area contributed by atoms with Crippen LogP contribution in [0.15, 0.2) is 22.8 Å². The molecule has 0 aliphatic heterocycles. The molecule has 0 amide bonds. The molecule has 0 aromatic carbocycles. The van der Waals surface area contributed by atoms with Crippen LogP contribution in [-0.4, -0.2) is 34.0 Å². The average Bonchev–Trinajstić information content (AvgIpc) is 2.86. The summed E-state index contributed by atoms with van der Waals surface area (Å²) >= 11 is 0. The van der Waals surface area contributed by atoms with Crippen LogP contribution in [0.3, 0.4) is 0 Å². The van der Waals surface area contributed by atoms with Gasteiger partial charge in [-0.15, -0.1) is 0 Å². The number of aliphatic hydroxyl groups is 2. The fourth-order valence-corrected chi connectivity index (χ4v) is 6.14. The van der Waals surface area contributed by atoms with Crippen LogP contribution in [0.5, 0.6) is 0 Å². The van der Waals surface area contributed by atoms with E-state index in [1.807, 2.05) is 6.08 Å². The standard InChI is InChI=1S/C20H26O4/c1-19-8-6-15-14-5-3-13(22)10-12(14)2-4-16(15)17(19)7-9-20(19,24)18(23)11-21/h10,16-17,21,24H,2-9,11H2,1H3/t16-,17+,19+,20+/m1/s1. The minimum Gasteiger partial charge on any atom is -0.388 e. The first-order chi connectivity index (χ1) is 11.4. The lowest BCUT2D eigenvalue weighted by Crippen LogP contribution is -2.55. The van der Waals surface area contributed by atoms with Crippen molar-refractivity contribution < 1.29 is 19.8 Å². The van der Waals surface area contributed by atoms with Gasteiger partial charge in [-0.25, -0.2) is 0 Å². The van der Waals surface area contributed by atoms with Gasteiger partial charge in [-0.3, -0.25) is 9.59 Å². The molecule has 130 valence electrons. The average molecular weight is 330 g/mol. The molecular weight excluding hydrogens is 304 g/mol. The van der Waals surface area contributed by atoms with E-state index in [-0.39, 0.29) is 5.78 Å². The van der Waals surface area contributed by atoms with Crippen molar-refractivity contribution in [2.24, 2.45) is 17.3 Å². The molecule has 24 heavy (non-hydrogen) atoms. The summed E-state index contributed by atoms with van der Waals surface area (Å²) < 4.78 is 0. The van der Waals surface area contributed by atoms with Gasteiger partial charge < -0.3 is 10.2 Å². The van der Waals surface area contributed by atoms with Crippen LogP contribution in [0.25, 0.3) is 0 Å². The molecule has 0 radical (unpaired) electrons. The molecule has 2 fully saturated rings. The Bertz CT molecular complexity index is 673. The zero-order chi connectivity index (χ0) is 17.1. The number of ketones is 2. The van der Waals surface area contributed by atoms with E-state index < -0.39 is 23.4 Å². The van der Waals surface area contributed by atoms with E-state index >= 15 is 0 Å². The largest absolute Gasteiger partial charge is 0.388 e. The predicted octanol–water partition coefficient (Wildman–Crippen LogP) is 2.48. The van der Waals surface area contributed by atoms with Gasteiger partial charge in [-0.05, 0) is 74.0 Å². The number of Topliss-reactive ketones (excluding diaryl/α,β-unsaturated/α-hetero) is 1. The summed E-state index contributed by atoms with van der Waals surface area (Å²) in [5.74, 6) is 0.554. The first kappa shape index (κ1) is 16.2. The van der Waals surface area contributed by atoms with Crippen LogP contribution in [-0.2, 0) is 9.59 Å². The van der Waals surface area contributed by atoms with Crippen molar-refractivity contribution in [1.82, 2.24) is 0 Å². The Morgan fingerprint density at radius 1 is 1.21 bits per heavy atom. The number of hydrogen-bond acceptors (Lipinski definition) is 4. The Morgan fingerprint density at radius 2 is 2.00 bits per heavy atom. The SMILES string of the molecule is C[C@]12CCC3=C4CCC(=O)C=C4CC[C@H]3[C@@H]1CC[C@]2(O)C(=O)CO. The summed E-state index contributed by atoms with van der Waals surface area (Å²) in [4.78, 5) is 24.0. The van der Waals surface area contributed by atoms with Gasteiger partial charge in [0.05, 0.1) is 0 Å². The first-order valence-electron chi connectivity index (χ1n) is 9.23. The zero-order valence-electron chi connectivity index (χ0n) is 14.3. The third kappa shape index (κ3) is 1.99. The lowest BCUT2D eigenvalue weighted by Gasteiger charge is -2.51. The molecule has 0 saturated heterocycles. The molecule has 2 saturated carbocycles. The van der Waals surface area contributed by atoms with E-state index in [0.717, 1.165) is 38.5 Å². The van der Waals surface area contributed by atoms with Crippen molar-refractivity contribution in [2.75, 3.05) is 6.61 Å². The number of rotatable bonds is 2. The summed E-state index contributed by atoms with van der Waals surface area (Å²) in [5, 5.41) is 20.4. The highest BCUT2D eigenvalue weighted by Gasteiger charge is 2.63. The molecule has 4 heteroatoms. The van der Waals surface area contributed by atoms with Gasteiger partial charge >= 0.3 is 0 Å². The van der Waals surface area contributed by atoms with E-state index in [1.54, 1.807) is 0 Å². The normalized spacial score (nSPS) is 41.5. The Balaban J connectivity index is 1.72. The molecule has 4 atom stereocenters. The number of hydrogen-bond donors (Lipinski definition) is 2. The van der Waals surface area contributed by atoms with E-state index in [0.29, 0.717) is 24.7 Å². The quantitative estimate of drug-likeness (QED) is 0.816. The van der Waals surface area contributed by atoms with E-state index in [2.05, 4.69) is 6.92 Å². The van der Waals surface area contributed by atoms with Gasteiger partial charge in [0.2, 0.25) is 0 Å². The minimum atomic E-state index is -1.37. The molecule has 0 unspecified atom stereocenters. The van der Waals surface area contributed by atoms with E-state index in [1.165, 1.54) is 16.7 Å². The second kappa shape index (κ2) is 5.37. The van der Waals surface area contributed by atoms with Crippen LogP contribution in [0.4, 0.5) is 0 Å². The lowest BCUT2D eigenvalue weighted by atomic mass is 9.54. The monoisotopic (exact) mass is 330 g/mol. The number of aliphatic hydroxyl groups excluding tert-OH is 1. The van der Waals surface area contributed by atoms with Crippen LogP contribution in [0.2, 0.25) is 0 Å². The predicted molar refractivity (Wildman–Crippen MR) is 89.2 cm³/mol. The minimum absolute atomic E-state index is 0.247. The van der Waals surface area contributed by atoms with E-state index in [4.69, 9.17) is 0 Å². The van der Waals surface area contributed by atoms with Gasteiger partial charge in [-0.1, -0.05) is 12.5 Å².